The van der Waals surface area contributed by atoms with Crippen LogP contribution in [0.1, 0.15) is 12.7 Å². The minimum atomic E-state index is -4.62. The van der Waals surface area contributed by atoms with E-state index in [2.05, 4.69) is 15.4 Å². The molecule has 2 N–H and O–H groups in total. The first-order valence-corrected chi connectivity index (χ1v) is 6.76. The number of thioether (sulfide) groups is 1. The summed E-state index contributed by atoms with van der Waals surface area (Å²) in [5.41, 5.74) is 0. The number of amides is 1. The Kier molecular flexibility index (Phi) is 4.51. The van der Waals surface area contributed by atoms with E-state index in [9.17, 15) is 18.0 Å². The van der Waals surface area contributed by atoms with Crippen LogP contribution in [0.4, 0.5) is 19.1 Å². The largest absolute Gasteiger partial charge is 0.451 e. The average Bonchev–Trinajstić information content (AvgIpc) is 2.88. The summed E-state index contributed by atoms with van der Waals surface area (Å²) in [5.74, 6) is -2.12. The fourth-order valence-corrected chi connectivity index (χ4v) is 2.30. The second kappa shape index (κ2) is 6.17. The highest BCUT2D eigenvalue weighted by Gasteiger charge is 2.35. The monoisotopic (exact) mass is 316 g/mol. The SMILES string of the molecule is CC(Sc1ccccc1)C(=O)Nc1n[nH]c(C(F)(F)F)n1. The van der Waals surface area contributed by atoms with Crippen LogP contribution in [0.15, 0.2) is 35.2 Å². The minimum Gasteiger partial charge on any atom is -0.292 e. The predicted molar refractivity (Wildman–Crippen MR) is 71.8 cm³/mol. The molecule has 0 aliphatic carbocycles. The molecule has 1 atom stereocenters. The van der Waals surface area contributed by atoms with E-state index in [4.69, 9.17) is 0 Å². The molecule has 0 saturated heterocycles. The number of halogens is 3. The third-order valence-corrected chi connectivity index (χ3v) is 3.53. The lowest BCUT2D eigenvalue weighted by Gasteiger charge is -2.09. The van der Waals surface area contributed by atoms with E-state index < -0.39 is 29.1 Å². The van der Waals surface area contributed by atoms with Crippen molar-refractivity contribution in [3.05, 3.63) is 36.2 Å². The van der Waals surface area contributed by atoms with Crippen LogP contribution >= 0.6 is 11.8 Å². The molecule has 0 aliphatic rings. The van der Waals surface area contributed by atoms with Gasteiger partial charge in [0.1, 0.15) is 0 Å². The number of hydrogen-bond acceptors (Lipinski definition) is 4. The summed E-state index contributed by atoms with van der Waals surface area (Å²) in [5, 5.41) is 6.79. The zero-order valence-electron chi connectivity index (χ0n) is 10.8. The van der Waals surface area contributed by atoms with Crippen molar-refractivity contribution in [3.63, 3.8) is 0 Å². The maximum absolute atomic E-state index is 12.3. The number of aromatic nitrogens is 3. The first-order valence-electron chi connectivity index (χ1n) is 5.88. The van der Waals surface area contributed by atoms with Crippen LogP contribution in [0.5, 0.6) is 0 Å². The summed E-state index contributed by atoms with van der Waals surface area (Å²) in [6.45, 7) is 1.64. The van der Waals surface area contributed by atoms with Crippen LogP contribution in [-0.2, 0) is 11.0 Å². The lowest BCUT2D eigenvalue weighted by Crippen LogP contribution is -2.23. The second-order valence-electron chi connectivity index (χ2n) is 4.07. The van der Waals surface area contributed by atoms with Gasteiger partial charge in [0, 0.05) is 4.90 Å². The number of alkyl halides is 3. The van der Waals surface area contributed by atoms with E-state index in [1.807, 2.05) is 30.3 Å². The van der Waals surface area contributed by atoms with Crippen molar-refractivity contribution >= 4 is 23.6 Å². The smallest absolute Gasteiger partial charge is 0.292 e. The Morgan fingerprint density at radius 1 is 1.33 bits per heavy atom. The molecule has 1 heterocycles. The predicted octanol–water partition coefficient (Wildman–Crippen LogP) is 2.94. The molecule has 1 amide bonds. The third kappa shape index (κ3) is 4.22. The zero-order valence-corrected chi connectivity index (χ0v) is 11.6. The molecule has 0 spiro atoms. The number of nitrogens with zero attached hydrogens (tertiary/aromatic N) is 2. The Labute approximate surface area is 122 Å². The number of benzene rings is 1. The van der Waals surface area contributed by atoms with Gasteiger partial charge in [-0.15, -0.1) is 16.9 Å². The number of anilines is 1. The van der Waals surface area contributed by atoms with Crippen molar-refractivity contribution in [2.45, 2.75) is 23.2 Å². The van der Waals surface area contributed by atoms with E-state index in [0.717, 1.165) is 4.90 Å². The summed E-state index contributed by atoms with van der Waals surface area (Å²) in [4.78, 5) is 15.9. The molecule has 21 heavy (non-hydrogen) atoms. The standard InChI is InChI=1S/C12H11F3N4OS/c1-7(21-8-5-3-2-4-6-8)9(20)16-11-17-10(18-19-11)12(13,14)15/h2-7H,1H3,(H2,16,17,18,19,20). The van der Waals surface area contributed by atoms with Gasteiger partial charge in [-0.3, -0.25) is 15.2 Å². The normalized spacial score (nSPS) is 13.0. The van der Waals surface area contributed by atoms with E-state index in [1.165, 1.54) is 11.8 Å². The Bertz CT molecular complexity index is 614. The number of carbonyl (C=O) groups is 1. The molecule has 1 aromatic carbocycles. The van der Waals surface area contributed by atoms with Gasteiger partial charge in [-0.25, -0.2) is 0 Å². The van der Waals surface area contributed by atoms with Gasteiger partial charge < -0.3 is 0 Å². The maximum atomic E-state index is 12.3. The second-order valence-corrected chi connectivity index (χ2v) is 5.48. The lowest BCUT2D eigenvalue weighted by atomic mass is 10.4. The van der Waals surface area contributed by atoms with Crippen molar-refractivity contribution in [1.82, 2.24) is 15.2 Å². The topological polar surface area (TPSA) is 70.7 Å². The van der Waals surface area contributed by atoms with Crippen LogP contribution < -0.4 is 5.32 Å². The summed E-state index contributed by atoms with van der Waals surface area (Å²) in [6.07, 6.45) is -4.62. The van der Waals surface area contributed by atoms with Gasteiger partial charge in [0.05, 0.1) is 5.25 Å². The summed E-state index contributed by atoms with van der Waals surface area (Å²) < 4.78 is 37.0. The van der Waals surface area contributed by atoms with Gasteiger partial charge in [0.15, 0.2) is 0 Å². The van der Waals surface area contributed by atoms with Crippen LogP contribution in [0.2, 0.25) is 0 Å². The Balaban J connectivity index is 1.96. The van der Waals surface area contributed by atoms with Gasteiger partial charge in [0.25, 0.3) is 0 Å². The number of hydrogen-bond donors (Lipinski definition) is 2. The zero-order chi connectivity index (χ0) is 15.5. The molecular formula is C12H11F3N4OS. The van der Waals surface area contributed by atoms with Crippen molar-refractivity contribution in [1.29, 1.82) is 0 Å². The Morgan fingerprint density at radius 3 is 2.57 bits per heavy atom. The fraction of sp³-hybridized carbons (Fsp3) is 0.250. The Morgan fingerprint density at radius 2 is 2.00 bits per heavy atom. The number of rotatable bonds is 4. The van der Waals surface area contributed by atoms with Gasteiger partial charge in [-0.1, -0.05) is 18.2 Å². The van der Waals surface area contributed by atoms with Crippen molar-refractivity contribution in [2.75, 3.05) is 5.32 Å². The summed E-state index contributed by atoms with van der Waals surface area (Å²) in [6, 6.07) is 9.18. The van der Waals surface area contributed by atoms with E-state index in [0.29, 0.717) is 0 Å². The van der Waals surface area contributed by atoms with Gasteiger partial charge in [-0.05, 0) is 19.1 Å². The molecule has 2 aromatic rings. The molecule has 0 fully saturated rings. The van der Waals surface area contributed by atoms with E-state index in [-0.39, 0.29) is 0 Å². The molecule has 112 valence electrons. The number of aromatic amines is 1. The Hall–Kier alpha value is -2.03. The summed E-state index contributed by atoms with van der Waals surface area (Å²) >= 11 is 1.28. The van der Waals surface area contributed by atoms with Crippen LogP contribution in [-0.4, -0.2) is 26.3 Å². The van der Waals surface area contributed by atoms with Crippen LogP contribution in [0.3, 0.4) is 0 Å². The highest BCUT2D eigenvalue weighted by atomic mass is 32.2. The molecule has 2 rings (SSSR count). The molecule has 0 radical (unpaired) electrons. The first-order chi connectivity index (χ1) is 9.86. The summed E-state index contributed by atoms with van der Waals surface area (Å²) in [7, 11) is 0. The van der Waals surface area contributed by atoms with Gasteiger partial charge in [0.2, 0.25) is 17.7 Å². The molecule has 9 heteroatoms. The maximum Gasteiger partial charge on any atom is 0.451 e. The van der Waals surface area contributed by atoms with E-state index >= 15 is 0 Å². The molecule has 1 unspecified atom stereocenters. The molecular weight excluding hydrogens is 305 g/mol. The third-order valence-electron chi connectivity index (χ3n) is 2.41. The molecule has 1 aromatic heterocycles. The van der Waals surface area contributed by atoms with Crippen molar-refractivity contribution in [3.8, 4) is 0 Å². The first kappa shape index (κ1) is 15.4. The highest BCUT2D eigenvalue weighted by Crippen LogP contribution is 2.27. The van der Waals surface area contributed by atoms with Crippen LogP contribution in [0, 0.1) is 0 Å². The number of H-pyrrole nitrogens is 1. The molecule has 0 saturated carbocycles. The van der Waals surface area contributed by atoms with E-state index in [1.54, 1.807) is 12.0 Å². The van der Waals surface area contributed by atoms with Gasteiger partial charge >= 0.3 is 6.18 Å². The van der Waals surface area contributed by atoms with Gasteiger partial charge in [-0.2, -0.15) is 18.2 Å². The average molecular weight is 316 g/mol. The van der Waals surface area contributed by atoms with Crippen molar-refractivity contribution < 1.29 is 18.0 Å². The number of carbonyl (C=O) groups excluding carboxylic acids is 1. The van der Waals surface area contributed by atoms with Crippen molar-refractivity contribution in [2.24, 2.45) is 0 Å². The molecule has 5 nitrogen and oxygen atoms in total. The highest BCUT2D eigenvalue weighted by molar-refractivity contribution is 8.00. The lowest BCUT2D eigenvalue weighted by molar-refractivity contribution is -0.144. The quantitative estimate of drug-likeness (QED) is 0.851. The van der Waals surface area contributed by atoms with Crippen LogP contribution in [0.25, 0.3) is 0 Å². The molecule has 0 aliphatic heterocycles. The number of nitrogens with one attached hydrogen (secondary N) is 2. The minimum absolute atomic E-state index is 0.396. The fourth-order valence-electron chi connectivity index (χ4n) is 1.41. The molecule has 0 bridgehead atoms.